The topological polar surface area (TPSA) is 170 Å². The molecule has 0 fully saturated rings. The second-order valence-corrected chi connectivity index (χ2v) is 15.6. The lowest BCUT2D eigenvalue weighted by Gasteiger charge is -2.21. The number of nitrogen functional groups attached to an aromatic ring is 1. The second-order valence-electron chi connectivity index (χ2n) is 15.6. The van der Waals surface area contributed by atoms with Crippen molar-refractivity contribution < 1.29 is 24.0 Å². The summed E-state index contributed by atoms with van der Waals surface area (Å²) in [4.78, 5) is 35.3. The first-order valence-corrected chi connectivity index (χ1v) is 18.5. The van der Waals surface area contributed by atoms with Crippen LogP contribution in [0.2, 0.25) is 0 Å². The molecule has 286 valence electrons. The Bertz CT molecular complexity index is 2000. The number of nitro benzene ring substituents is 1. The van der Waals surface area contributed by atoms with E-state index in [-0.39, 0.29) is 10.6 Å². The van der Waals surface area contributed by atoms with Gasteiger partial charge in [-0.1, -0.05) is 24.3 Å². The Balaban J connectivity index is 0.000000208. The fraction of sp³-hybridized carbons (Fsp3) is 0.381. The van der Waals surface area contributed by atoms with E-state index in [1.54, 1.807) is 51.1 Å². The zero-order chi connectivity index (χ0) is 39.0. The van der Waals surface area contributed by atoms with Crippen LogP contribution in [0, 0.1) is 10.1 Å². The number of hydrogen-bond donors (Lipinski definition) is 5. The van der Waals surface area contributed by atoms with E-state index in [0.29, 0.717) is 22.7 Å². The molecule has 2 aliphatic rings. The van der Waals surface area contributed by atoms with Crippen molar-refractivity contribution in [2.24, 2.45) is 0 Å². The largest absolute Gasteiger partial charge is 0.444 e. The summed E-state index contributed by atoms with van der Waals surface area (Å²) in [6, 6.07) is 22.4. The van der Waals surface area contributed by atoms with E-state index in [2.05, 4.69) is 27.3 Å². The molecule has 6 N–H and O–H groups in total. The smallest absolute Gasteiger partial charge is 0.412 e. The van der Waals surface area contributed by atoms with E-state index < -0.39 is 23.4 Å². The molecule has 0 spiro atoms. The number of amides is 2. The maximum Gasteiger partial charge on any atom is 0.412 e. The number of benzene rings is 4. The van der Waals surface area contributed by atoms with Gasteiger partial charge in [-0.2, -0.15) is 0 Å². The van der Waals surface area contributed by atoms with Gasteiger partial charge in [-0.05, 0) is 158 Å². The first-order chi connectivity index (χ1) is 25.5. The number of nitrogens with two attached hydrogens (primary N) is 1. The number of rotatable bonds is 7. The fourth-order valence-corrected chi connectivity index (χ4v) is 6.59. The van der Waals surface area contributed by atoms with Gasteiger partial charge in [0.25, 0.3) is 5.69 Å². The predicted octanol–water partition coefficient (Wildman–Crippen LogP) is 10.8. The number of carbonyl (C=O) groups excluding carboxylic acids is 2. The van der Waals surface area contributed by atoms with Gasteiger partial charge >= 0.3 is 12.2 Å². The van der Waals surface area contributed by atoms with E-state index in [0.717, 1.165) is 66.7 Å². The van der Waals surface area contributed by atoms with E-state index in [4.69, 9.17) is 15.2 Å². The van der Waals surface area contributed by atoms with Gasteiger partial charge in [0, 0.05) is 28.3 Å². The molecule has 4 aromatic rings. The van der Waals surface area contributed by atoms with Gasteiger partial charge in [0.05, 0.1) is 16.3 Å². The Morgan fingerprint density at radius 1 is 0.630 bits per heavy atom. The quantitative estimate of drug-likeness (QED) is 0.0703. The van der Waals surface area contributed by atoms with Crippen LogP contribution in [0.4, 0.5) is 55.1 Å². The molecule has 0 saturated heterocycles. The molecular weight excluding hydrogens is 684 g/mol. The third kappa shape index (κ3) is 11.1. The van der Waals surface area contributed by atoms with Crippen molar-refractivity contribution in [2.45, 2.75) is 104 Å². The number of nitro groups is 1. The molecule has 6 rings (SSSR count). The van der Waals surface area contributed by atoms with Crippen molar-refractivity contribution in [3.8, 4) is 0 Å². The predicted molar refractivity (Wildman–Crippen MR) is 216 cm³/mol. The van der Waals surface area contributed by atoms with Gasteiger partial charge in [0.1, 0.15) is 16.9 Å². The molecule has 0 unspecified atom stereocenters. The molecule has 0 aliphatic heterocycles. The highest BCUT2D eigenvalue weighted by Gasteiger charge is 2.25. The number of anilines is 7. The first kappa shape index (κ1) is 39.4. The van der Waals surface area contributed by atoms with Crippen molar-refractivity contribution >= 4 is 57.7 Å². The normalized spacial score (nSPS) is 13.5. The van der Waals surface area contributed by atoms with Gasteiger partial charge in [0.2, 0.25) is 0 Å². The molecule has 0 radical (unpaired) electrons. The average Bonchev–Trinajstić information content (AvgIpc) is 3.08. The van der Waals surface area contributed by atoms with Gasteiger partial charge in [-0.25, -0.2) is 9.59 Å². The highest BCUT2D eigenvalue weighted by Crippen LogP contribution is 2.38. The first-order valence-electron chi connectivity index (χ1n) is 18.5. The Morgan fingerprint density at radius 2 is 1.06 bits per heavy atom. The van der Waals surface area contributed by atoms with E-state index in [9.17, 15) is 19.7 Å². The minimum absolute atomic E-state index is 0.141. The lowest BCUT2D eigenvalue weighted by molar-refractivity contribution is -0.384. The summed E-state index contributed by atoms with van der Waals surface area (Å²) in [6.07, 6.45) is 7.18. The zero-order valence-electron chi connectivity index (χ0n) is 32.1. The summed E-state index contributed by atoms with van der Waals surface area (Å²) in [5.74, 6) is 0. The molecule has 4 aromatic carbocycles. The number of nitrogens with zero attached hydrogens (tertiary/aromatic N) is 1. The maximum atomic E-state index is 12.0. The molecule has 0 bridgehead atoms. The monoisotopic (exact) mass is 736 g/mol. The van der Waals surface area contributed by atoms with Gasteiger partial charge in [0.15, 0.2) is 0 Å². The SMILES string of the molecule is CC(C)(C)OC(=O)Nc1cccc(Nc2ccc3c(c2N)CCCC3)c1.CC(C)(C)OC(=O)Nc1cccc(Nc2ccc3c(c2[N+](=O)[O-])CCCC3)c1. The molecule has 12 heteroatoms. The Kier molecular flexibility index (Phi) is 12.4. The van der Waals surface area contributed by atoms with Crippen LogP contribution in [0.5, 0.6) is 0 Å². The lowest BCUT2D eigenvalue weighted by atomic mass is 9.90. The third-order valence-corrected chi connectivity index (χ3v) is 8.84. The van der Waals surface area contributed by atoms with Crippen LogP contribution in [0.25, 0.3) is 0 Å². The van der Waals surface area contributed by atoms with Crippen LogP contribution in [0.15, 0.2) is 72.8 Å². The molecule has 2 aliphatic carbocycles. The summed E-state index contributed by atoms with van der Waals surface area (Å²) in [5, 5.41) is 23.7. The molecule has 2 amide bonds. The van der Waals surface area contributed by atoms with Crippen LogP contribution >= 0.6 is 0 Å². The Hall–Kier alpha value is -5.78. The minimum atomic E-state index is -0.594. The van der Waals surface area contributed by atoms with Crippen LogP contribution in [0.3, 0.4) is 0 Å². The van der Waals surface area contributed by atoms with Crippen molar-refractivity contribution in [1.29, 1.82) is 0 Å². The Morgan fingerprint density at radius 3 is 1.56 bits per heavy atom. The summed E-state index contributed by atoms with van der Waals surface area (Å²) >= 11 is 0. The average molecular weight is 737 g/mol. The maximum absolute atomic E-state index is 12.0. The standard InChI is InChI=1S/C21H25N3O4.C21H27N3O2/c1-21(2,3)28-20(25)23-16-9-6-8-15(13-16)22-18-12-11-14-7-4-5-10-17(14)19(18)24(26)27;1-21(2,3)26-20(25)24-16-9-6-8-15(13-16)23-18-12-11-14-7-4-5-10-17(14)19(18)22/h6,8-9,11-13,22H,4-5,7,10H2,1-3H3,(H,23,25);6,8-9,11-13,23H,4-5,7,10,22H2,1-3H3,(H,24,25). The number of fused-ring (bicyclic) bond motifs is 2. The highest BCUT2D eigenvalue weighted by molar-refractivity contribution is 5.87. The number of ether oxygens (including phenoxy) is 2. The molecule has 12 nitrogen and oxygen atoms in total. The molecule has 0 aromatic heterocycles. The molecule has 0 atom stereocenters. The highest BCUT2D eigenvalue weighted by atomic mass is 16.6. The van der Waals surface area contributed by atoms with E-state index in [1.165, 1.54) is 24.0 Å². The van der Waals surface area contributed by atoms with Crippen molar-refractivity contribution in [3.05, 3.63) is 105 Å². The summed E-state index contributed by atoms with van der Waals surface area (Å²) in [5.41, 5.74) is 14.8. The second kappa shape index (κ2) is 16.9. The lowest BCUT2D eigenvalue weighted by Crippen LogP contribution is -2.27. The summed E-state index contributed by atoms with van der Waals surface area (Å²) in [7, 11) is 0. The summed E-state index contributed by atoms with van der Waals surface area (Å²) < 4.78 is 10.5. The van der Waals surface area contributed by atoms with E-state index >= 15 is 0 Å². The van der Waals surface area contributed by atoms with Crippen LogP contribution in [0.1, 0.15) is 89.5 Å². The number of nitrogens with one attached hydrogen (secondary N) is 4. The van der Waals surface area contributed by atoms with Gasteiger partial charge in [-0.15, -0.1) is 0 Å². The van der Waals surface area contributed by atoms with E-state index in [1.807, 2.05) is 57.2 Å². The molecular formula is C42H52N6O6. The van der Waals surface area contributed by atoms with Crippen molar-refractivity contribution in [2.75, 3.05) is 27.0 Å². The van der Waals surface area contributed by atoms with Crippen molar-refractivity contribution in [3.63, 3.8) is 0 Å². The fourth-order valence-electron chi connectivity index (χ4n) is 6.59. The van der Waals surface area contributed by atoms with Crippen LogP contribution < -0.4 is 27.0 Å². The van der Waals surface area contributed by atoms with Crippen LogP contribution in [-0.2, 0) is 35.2 Å². The Labute approximate surface area is 317 Å². The van der Waals surface area contributed by atoms with Gasteiger partial charge in [-0.3, -0.25) is 20.7 Å². The van der Waals surface area contributed by atoms with Gasteiger partial charge < -0.3 is 25.8 Å². The van der Waals surface area contributed by atoms with Crippen LogP contribution in [-0.4, -0.2) is 28.3 Å². The molecule has 0 saturated carbocycles. The minimum Gasteiger partial charge on any atom is -0.444 e. The number of carbonyl (C=O) groups is 2. The third-order valence-electron chi connectivity index (χ3n) is 8.84. The number of hydrogen-bond acceptors (Lipinski definition) is 9. The summed E-state index contributed by atoms with van der Waals surface area (Å²) in [6.45, 7) is 10.9. The number of aryl methyl sites for hydroxylation is 2. The zero-order valence-corrected chi connectivity index (χ0v) is 32.1. The molecule has 0 heterocycles. The van der Waals surface area contributed by atoms with Crippen molar-refractivity contribution in [1.82, 2.24) is 0 Å². The molecule has 54 heavy (non-hydrogen) atoms.